The molecule has 6 rings (SSSR count). The third-order valence-electron chi connectivity index (χ3n) is 8.32. The lowest BCUT2D eigenvalue weighted by Gasteiger charge is -2.39. The molecule has 1 aliphatic heterocycles. The summed E-state index contributed by atoms with van der Waals surface area (Å²) in [6, 6.07) is 6.15. The van der Waals surface area contributed by atoms with E-state index in [1.54, 1.807) is 46.8 Å². The maximum Gasteiger partial charge on any atom is 0.416 e. The number of alkyl halides is 3. The standard InChI is InChI=1S/C30H34F3N9O2/c1-5-34-24-11-19(26-21(13-36-41(26)4)27-38-35-17-40(27)3)12-25(37-24)42-15-22-20(28(42)43)9-18(10-23(22)30(31,32)33)14-39(2)16-29(44)7-6-8-29/h9-13,17,44H,5-8,14-16H2,1-4H3,(H,34,37). The first kappa shape index (κ1) is 29.8. The van der Waals surface area contributed by atoms with Crippen LogP contribution in [0, 0.1) is 0 Å². The number of aryl methyl sites for hydroxylation is 2. The summed E-state index contributed by atoms with van der Waals surface area (Å²) < 4.78 is 46.6. The van der Waals surface area contributed by atoms with E-state index in [0.717, 1.165) is 12.5 Å². The van der Waals surface area contributed by atoms with Crippen molar-refractivity contribution in [2.24, 2.45) is 14.1 Å². The van der Waals surface area contributed by atoms with Crippen molar-refractivity contribution in [1.29, 1.82) is 0 Å². The summed E-state index contributed by atoms with van der Waals surface area (Å²) in [5.74, 6) is 0.695. The number of carbonyl (C=O) groups is 1. The van der Waals surface area contributed by atoms with Crippen molar-refractivity contribution < 1.29 is 23.1 Å². The molecule has 1 fully saturated rings. The molecule has 2 N–H and O–H groups in total. The van der Waals surface area contributed by atoms with E-state index in [2.05, 4.69) is 25.6 Å². The number of aromatic nitrogens is 6. The van der Waals surface area contributed by atoms with Gasteiger partial charge < -0.3 is 15.0 Å². The number of likely N-dealkylation sites (N-methyl/N-ethyl adjacent to an activating group) is 1. The third-order valence-corrected chi connectivity index (χ3v) is 8.32. The SMILES string of the molecule is CCNc1cc(-c2c(-c3nncn3C)cnn2C)cc(N2Cc3c(cc(CN(C)CC4(O)CCC4)cc3C(F)(F)F)C2=O)n1. The number of nitrogens with one attached hydrogen (secondary N) is 1. The molecule has 0 bridgehead atoms. The number of carbonyl (C=O) groups excluding carboxylic acids is 1. The Balaban J connectivity index is 1.39. The predicted molar refractivity (Wildman–Crippen MR) is 158 cm³/mol. The molecule has 0 radical (unpaired) electrons. The summed E-state index contributed by atoms with van der Waals surface area (Å²) in [6.07, 6.45) is 0.851. The van der Waals surface area contributed by atoms with Crippen LogP contribution in [0.15, 0.2) is 36.8 Å². The highest BCUT2D eigenvalue weighted by Crippen LogP contribution is 2.41. The average Bonchev–Trinajstić information content (AvgIpc) is 3.63. The van der Waals surface area contributed by atoms with Gasteiger partial charge in [0.25, 0.3) is 5.91 Å². The first-order chi connectivity index (χ1) is 20.9. The van der Waals surface area contributed by atoms with Gasteiger partial charge in [-0.15, -0.1) is 10.2 Å². The predicted octanol–water partition coefficient (Wildman–Crippen LogP) is 4.24. The van der Waals surface area contributed by atoms with Gasteiger partial charge in [-0.3, -0.25) is 19.3 Å². The van der Waals surface area contributed by atoms with Gasteiger partial charge in [-0.2, -0.15) is 18.3 Å². The number of rotatable bonds is 9. The van der Waals surface area contributed by atoms with Gasteiger partial charge in [0.05, 0.1) is 35.2 Å². The van der Waals surface area contributed by atoms with Crippen molar-refractivity contribution >= 4 is 17.5 Å². The van der Waals surface area contributed by atoms with E-state index in [1.807, 2.05) is 20.0 Å². The quantitative estimate of drug-likeness (QED) is 0.290. The van der Waals surface area contributed by atoms with Gasteiger partial charge in [-0.1, -0.05) is 0 Å². The molecule has 44 heavy (non-hydrogen) atoms. The van der Waals surface area contributed by atoms with Crippen molar-refractivity contribution in [1.82, 2.24) is 34.4 Å². The highest BCUT2D eigenvalue weighted by atomic mass is 19.4. The maximum atomic E-state index is 14.4. The van der Waals surface area contributed by atoms with Gasteiger partial charge in [0.1, 0.15) is 18.0 Å². The summed E-state index contributed by atoms with van der Waals surface area (Å²) in [5, 5.41) is 26.3. The summed E-state index contributed by atoms with van der Waals surface area (Å²) in [5.41, 5.74) is 0.662. The molecule has 0 saturated heterocycles. The first-order valence-corrected chi connectivity index (χ1v) is 14.5. The van der Waals surface area contributed by atoms with Gasteiger partial charge in [-0.25, -0.2) is 4.98 Å². The second-order valence-corrected chi connectivity index (χ2v) is 11.7. The Bertz CT molecular complexity index is 1720. The highest BCUT2D eigenvalue weighted by molar-refractivity contribution is 6.10. The minimum atomic E-state index is -4.66. The van der Waals surface area contributed by atoms with Crippen LogP contribution in [-0.2, 0) is 33.4 Å². The number of anilines is 2. The number of aliphatic hydroxyl groups is 1. The van der Waals surface area contributed by atoms with E-state index in [1.165, 1.54) is 11.0 Å². The second kappa shape index (κ2) is 11.0. The van der Waals surface area contributed by atoms with Crippen LogP contribution in [0.2, 0.25) is 0 Å². The third kappa shape index (κ3) is 5.43. The van der Waals surface area contributed by atoms with Crippen molar-refractivity contribution in [3.63, 3.8) is 0 Å². The molecular weight excluding hydrogens is 575 g/mol. The molecule has 4 heterocycles. The Morgan fingerprint density at radius 3 is 2.55 bits per heavy atom. The zero-order valence-corrected chi connectivity index (χ0v) is 25.0. The van der Waals surface area contributed by atoms with E-state index >= 15 is 0 Å². The molecule has 1 aromatic carbocycles. The van der Waals surface area contributed by atoms with Crippen LogP contribution in [0.25, 0.3) is 22.6 Å². The van der Waals surface area contributed by atoms with Crippen molar-refractivity contribution in [2.45, 2.75) is 51.1 Å². The molecule has 0 unspecified atom stereocenters. The molecule has 0 spiro atoms. The molecule has 11 nitrogen and oxygen atoms in total. The van der Waals surface area contributed by atoms with Crippen LogP contribution in [-0.4, -0.2) is 71.2 Å². The van der Waals surface area contributed by atoms with Crippen LogP contribution in [0.3, 0.4) is 0 Å². The van der Waals surface area contributed by atoms with Crippen LogP contribution >= 0.6 is 0 Å². The molecule has 2 aliphatic rings. The molecule has 4 aromatic rings. The van der Waals surface area contributed by atoms with Crippen LogP contribution < -0.4 is 10.2 Å². The number of pyridine rings is 1. The van der Waals surface area contributed by atoms with Crippen LogP contribution in [0.4, 0.5) is 24.8 Å². The second-order valence-electron chi connectivity index (χ2n) is 11.7. The van der Waals surface area contributed by atoms with Crippen molar-refractivity contribution in [2.75, 3.05) is 30.4 Å². The number of nitrogens with zero attached hydrogens (tertiary/aromatic N) is 8. The largest absolute Gasteiger partial charge is 0.416 e. The fourth-order valence-electron chi connectivity index (χ4n) is 6.14. The summed E-state index contributed by atoms with van der Waals surface area (Å²) in [6.45, 7) is 2.67. The van der Waals surface area contributed by atoms with Gasteiger partial charge in [0.15, 0.2) is 5.82 Å². The summed E-state index contributed by atoms with van der Waals surface area (Å²) in [7, 11) is 5.35. The molecule has 232 valence electrons. The smallest absolute Gasteiger partial charge is 0.389 e. The minimum Gasteiger partial charge on any atom is -0.389 e. The maximum absolute atomic E-state index is 14.4. The monoisotopic (exact) mass is 609 g/mol. The number of halogens is 3. The van der Waals surface area contributed by atoms with E-state index in [4.69, 9.17) is 0 Å². The number of benzene rings is 1. The summed E-state index contributed by atoms with van der Waals surface area (Å²) >= 11 is 0. The Hall–Kier alpha value is -4.30. The highest BCUT2D eigenvalue weighted by Gasteiger charge is 2.41. The lowest BCUT2D eigenvalue weighted by atomic mass is 9.80. The fraction of sp³-hybridized carbons (Fsp3) is 0.433. The number of hydrogen-bond donors (Lipinski definition) is 2. The van der Waals surface area contributed by atoms with Gasteiger partial charge in [0, 0.05) is 44.9 Å². The van der Waals surface area contributed by atoms with Crippen LogP contribution in [0.5, 0.6) is 0 Å². The first-order valence-electron chi connectivity index (χ1n) is 14.5. The van der Waals surface area contributed by atoms with E-state index in [0.29, 0.717) is 60.0 Å². The van der Waals surface area contributed by atoms with Gasteiger partial charge in [0.2, 0.25) is 0 Å². The zero-order chi connectivity index (χ0) is 31.4. The minimum absolute atomic E-state index is 0.00286. The Labute approximate surface area is 252 Å². The molecular formula is C30H34F3N9O2. The number of fused-ring (bicyclic) bond motifs is 1. The Kier molecular flexibility index (Phi) is 7.44. The molecule has 1 amide bonds. The molecule has 14 heteroatoms. The van der Waals surface area contributed by atoms with E-state index in [-0.39, 0.29) is 30.0 Å². The fourth-order valence-corrected chi connectivity index (χ4v) is 6.14. The Morgan fingerprint density at radius 2 is 1.91 bits per heavy atom. The lowest BCUT2D eigenvalue weighted by Crippen LogP contribution is -2.46. The van der Waals surface area contributed by atoms with Gasteiger partial charge >= 0.3 is 6.18 Å². The molecule has 0 atom stereocenters. The lowest BCUT2D eigenvalue weighted by molar-refractivity contribution is -0.138. The molecule has 1 saturated carbocycles. The van der Waals surface area contributed by atoms with E-state index < -0.39 is 23.2 Å². The average molecular weight is 610 g/mol. The van der Waals surface area contributed by atoms with Crippen molar-refractivity contribution in [3.05, 3.63) is 59.0 Å². The number of hydrogen-bond acceptors (Lipinski definition) is 8. The van der Waals surface area contributed by atoms with E-state index in [9.17, 15) is 23.1 Å². The zero-order valence-electron chi connectivity index (χ0n) is 25.0. The Morgan fingerprint density at radius 1 is 1.14 bits per heavy atom. The normalized spacial score (nSPS) is 16.0. The topological polar surface area (TPSA) is 117 Å². The van der Waals surface area contributed by atoms with Gasteiger partial charge in [-0.05, 0) is 68.6 Å². The molecule has 1 aliphatic carbocycles. The van der Waals surface area contributed by atoms with Crippen LogP contribution in [0.1, 0.15) is 53.2 Å². The van der Waals surface area contributed by atoms with Crippen molar-refractivity contribution in [3.8, 4) is 22.6 Å². The summed E-state index contributed by atoms with van der Waals surface area (Å²) in [4.78, 5) is 21.5. The molecule has 3 aromatic heterocycles. The number of amides is 1.